The molecule has 3 N–H and O–H groups in total. The molecule has 0 aliphatic carbocycles. The predicted octanol–water partition coefficient (Wildman–Crippen LogP) is 3.50. The number of hydrogen-bond acceptors (Lipinski definition) is 6. The zero-order valence-corrected chi connectivity index (χ0v) is 19.7. The minimum atomic E-state index is -1.12. The molecule has 0 spiro atoms. The third-order valence-corrected chi connectivity index (χ3v) is 6.26. The molecule has 0 saturated carbocycles. The van der Waals surface area contributed by atoms with Gasteiger partial charge in [0.25, 0.3) is 5.91 Å². The first-order valence-corrected chi connectivity index (χ1v) is 11.8. The molecule has 1 aliphatic heterocycles. The second-order valence-electron chi connectivity index (χ2n) is 8.75. The number of carboxylic acid groups (broad SMARTS) is 1. The van der Waals surface area contributed by atoms with Gasteiger partial charge in [-0.25, -0.2) is 14.8 Å². The highest BCUT2D eigenvalue weighted by atomic mass is 16.4. The lowest BCUT2D eigenvalue weighted by molar-refractivity contribution is -0.139. The standard InChI is InChI=1S/C25H34N4O4/c1-4-6-17-7-9-19(10-8-17)29-13-11-18(12-14-29)15-21-26-16(3)23(30)22(28-21)24(31)27-20(5-2)25(32)33/h7-10,18,20,30H,4-6,11-15H2,1-3H3,(H,27,31)(H,32,33). The Bertz CT molecular complexity index is 969. The van der Waals surface area contributed by atoms with Crippen LogP contribution in [0, 0.1) is 12.8 Å². The average Bonchev–Trinajstić information content (AvgIpc) is 2.80. The van der Waals surface area contributed by atoms with Gasteiger partial charge in [0.05, 0.1) is 5.69 Å². The number of benzene rings is 1. The SMILES string of the molecule is CCCc1ccc(N2CCC(Cc3nc(C)c(O)c(C(=O)NC(CC)C(=O)O)n3)CC2)cc1. The van der Waals surface area contributed by atoms with Gasteiger partial charge in [-0.15, -0.1) is 0 Å². The van der Waals surface area contributed by atoms with Gasteiger partial charge in [0.1, 0.15) is 11.9 Å². The molecule has 2 aromatic rings. The van der Waals surface area contributed by atoms with Gasteiger partial charge in [0, 0.05) is 25.2 Å². The largest absolute Gasteiger partial charge is 0.504 e. The van der Waals surface area contributed by atoms with Gasteiger partial charge >= 0.3 is 5.97 Å². The van der Waals surface area contributed by atoms with E-state index in [1.807, 2.05) is 0 Å². The number of rotatable bonds is 9. The molecule has 8 heteroatoms. The third kappa shape index (κ3) is 6.21. The summed E-state index contributed by atoms with van der Waals surface area (Å²) in [4.78, 5) is 34.9. The fourth-order valence-electron chi connectivity index (χ4n) is 4.26. The van der Waals surface area contributed by atoms with Crippen molar-refractivity contribution >= 4 is 17.6 Å². The molecule has 8 nitrogen and oxygen atoms in total. The number of aromatic nitrogens is 2. The summed E-state index contributed by atoms with van der Waals surface area (Å²) < 4.78 is 0. The molecule has 1 aromatic carbocycles. The summed E-state index contributed by atoms with van der Waals surface area (Å²) in [7, 11) is 0. The van der Waals surface area contributed by atoms with E-state index in [1.165, 1.54) is 11.3 Å². The summed E-state index contributed by atoms with van der Waals surface area (Å²) in [5.74, 6) is -1.25. The van der Waals surface area contributed by atoms with E-state index in [1.54, 1.807) is 13.8 Å². The van der Waals surface area contributed by atoms with Crippen molar-refractivity contribution in [2.24, 2.45) is 5.92 Å². The van der Waals surface area contributed by atoms with Crippen LogP contribution in [0.4, 0.5) is 5.69 Å². The summed E-state index contributed by atoms with van der Waals surface area (Å²) in [5.41, 5.74) is 2.76. The van der Waals surface area contributed by atoms with E-state index in [0.717, 1.165) is 38.8 Å². The highest BCUT2D eigenvalue weighted by Crippen LogP contribution is 2.27. The molecule has 3 rings (SSSR count). The summed E-state index contributed by atoms with van der Waals surface area (Å²) in [6.45, 7) is 7.36. The number of nitrogens with zero attached hydrogens (tertiary/aromatic N) is 3. The van der Waals surface area contributed by atoms with Crippen molar-refractivity contribution in [3.63, 3.8) is 0 Å². The monoisotopic (exact) mass is 454 g/mol. The van der Waals surface area contributed by atoms with Gasteiger partial charge in [-0.3, -0.25) is 4.79 Å². The van der Waals surface area contributed by atoms with Crippen LogP contribution in [0.15, 0.2) is 24.3 Å². The molecule has 0 bridgehead atoms. The van der Waals surface area contributed by atoms with E-state index in [-0.39, 0.29) is 17.9 Å². The van der Waals surface area contributed by atoms with Crippen LogP contribution in [-0.2, 0) is 17.6 Å². The Labute approximate surface area is 195 Å². The first-order chi connectivity index (χ1) is 15.8. The van der Waals surface area contributed by atoms with Crippen LogP contribution in [0.5, 0.6) is 5.75 Å². The Balaban J connectivity index is 1.63. The smallest absolute Gasteiger partial charge is 0.326 e. The number of aliphatic carboxylic acids is 1. The predicted molar refractivity (Wildman–Crippen MR) is 127 cm³/mol. The molecule has 33 heavy (non-hydrogen) atoms. The van der Waals surface area contributed by atoms with Crippen molar-refractivity contribution in [2.75, 3.05) is 18.0 Å². The maximum Gasteiger partial charge on any atom is 0.326 e. The normalized spacial score (nSPS) is 15.3. The van der Waals surface area contributed by atoms with Crippen LogP contribution < -0.4 is 10.2 Å². The lowest BCUT2D eigenvalue weighted by Crippen LogP contribution is -2.40. The van der Waals surface area contributed by atoms with E-state index in [0.29, 0.717) is 23.9 Å². The number of carboxylic acids is 1. The molecular weight excluding hydrogens is 420 g/mol. The number of aromatic hydroxyl groups is 1. The summed E-state index contributed by atoms with van der Waals surface area (Å²) in [6, 6.07) is 7.78. The maximum absolute atomic E-state index is 12.6. The number of carbonyl (C=O) groups is 2. The number of hydrogen-bond donors (Lipinski definition) is 3. The summed E-state index contributed by atoms with van der Waals surface area (Å²) in [6.07, 6.45) is 5.06. The minimum Gasteiger partial charge on any atom is -0.504 e. The van der Waals surface area contributed by atoms with Crippen LogP contribution in [0.2, 0.25) is 0 Å². The van der Waals surface area contributed by atoms with Crippen molar-refractivity contribution in [1.29, 1.82) is 0 Å². The summed E-state index contributed by atoms with van der Waals surface area (Å²) in [5, 5.41) is 21.9. The fourth-order valence-corrected chi connectivity index (χ4v) is 4.26. The maximum atomic E-state index is 12.6. The topological polar surface area (TPSA) is 116 Å². The molecule has 1 atom stereocenters. The van der Waals surface area contributed by atoms with Gasteiger partial charge in [-0.2, -0.15) is 0 Å². The second kappa shape index (κ2) is 11.1. The van der Waals surface area contributed by atoms with Crippen LogP contribution in [-0.4, -0.2) is 51.2 Å². The van der Waals surface area contributed by atoms with Crippen molar-refractivity contribution in [1.82, 2.24) is 15.3 Å². The third-order valence-electron chi connectivity index (χ3n) is 6.26. The van der Waals surface area contributed by atoms with E-state index < -0.39 is 17.9 Å². The van der Waals surface area contributed by atoms with Crippen LogP contribution in [0.3, 0.4) is 0 Å². The highest BCUT2D eigenvalue weighted by molar-refractivity contribution is 5.97. The molecule has 1 saturated heterocycles. The number of anilines is 1. The molecule has 2 heterocycles. The van der Waals surface area contributed by atoms with Crippen LogP contribution >= 0.6 is 0 Å². The van der Waals surface area contributed by atoms with Gasteiger partial charge in [-0.05, 0) is 56.2 Å². The first-order valence-electron chi connectivity index (χ1n) is 11.8. The lowest BCUT2D eigenvalue weighted by atomic mass is 9.92. The first kappa shape index (κ1) is 24.5. The van der Waals surface area contributed by atoms with Gasteiger partial charge in [0.15, 0.2) is 11.4 Å². The Hall–Kier alpha value is -3.16. The van der Waals surface area contributed by atoms with E-state index in [9.17, 15) is 19.8 Å². The quantitative estimate of drug-likeness (QED) is 0.531. The zero-order valence-electron chi connectivity index (χ0n) is 19.7. The molecule has 1 unspecified atom stereocenters. The minimum absolute atomic E-state index is 0.165. The number of aryl methyl sites for hydroxylation is 2. The molecular formula is C25H34N4O4. The molecule has 1 fully saturated rings. The number of nitrogens with one attached hydrogen (secondary N) is 1. The van der Waals surface area contributed by atoms with Crippen LogP contribution in [0.1, 0.15) is 67.1 Å². The van der Waals surface area contributed by atoms with Crippen LogP contribution in [0.25, 0.3) is 0 Å². The second-order valence-corrected chi connectivity index (χ2v) is 8.75. The van der Waals surface area contributed by atoms with Crippen molar-refractivity contribution < 1.29 is 19.8 Å². The average molecular weight is 455 g/mol. The van der Waals surface area contributed by atoms with E-state index in [2.05, 4.69) is 51.4 Å². The van der Waals surface area contributed by atoms with E-state index >= 15 is 0 Å². The number of amides is 1. The van der Waals surface area contributed by atoms with Gasteiger partial charge in [0.2, 0.25) is 0 Å². The molecule has 1 aromatic heterocycles. The Morgan fingerprint density at radius 3 is 2.39 bits per heavy atom. The van der Waals surface area contributed by atoms with Crippen molar-refractivity contribution in [2.45, 2.75) is 65.3 Å². The lowest BCUT2D eigenvalue weighted by Gasteiger charge is -2.33. The number of carbonyl (C=O) groups excluding carboxylic acids is 1. The Kier molecular flexibility index (Phi) is 8.25. The Morgan fingerprint density at radius 2 is 1.82 bits per heavy atom. The fraction of sp³-hybridized carbons (Fsp3) is 0.520. The summed E-state index contributed by atoms with van der Waals surface area (Å²) >= 11 is 0. The van der Waals surface area contributed by atoms with Gasteiger partial charge < -0.3 is 20.4 Å². The molecule has 178 valence electrons. The molecule has 1 amide bonds. The highest BCUT2D eigenvalue weighted by Gasteiger charge is 2.25. The number of piperidine rings is 1. The zero-order chi connectivity index (χ0) is 24.0. The molecule has 0 radical (unpaired) electrons. The van der Waals surface area contributed by atoms with Crippen molar-refractivity contribution in [3.8, 4) is 5.75 Å². The van der Waals surface area contributed by atoms with Gasteiger partial charge in [-0.1, -0.05) is 32.4 Å². The Morgan fingerprint density at radius 1 is 1.15 bits per heavy atom. The molecule has 1 aliphatic rings. The van der Waals surface area contributed by atoms with Crippen molar-refractivity contribution in [3.05, 3.63) is 47.0 Å². The van der Waals surface area contributed by atoms with E-state index in [4.69, 9.17) is 0 Å².